The van der Waals surface area contributed by atoms with Crippen LogP contribution >= 0.6 is 11.8 Å². The van der Waals surface area contributed by atoms with E-state index in [2.05, 4.69) is 17.4 Å². The Balaban J connectivity index is 1.83. The van der Waals surface area contributed by atoms with E-state index in [1.807, 2.05) is 30.9 Å². The van der Waals surface area contributed by atoms with E-state index in [4.69, 9.17) is 0 Å². The molecule has 1 N–H and O–H groups in total. The van der Waals surface area contributed by atoms with Crippen molar-refractivity contribution >= 4 is 11.8 Å². The summed E-state index contributed by atoms with van der Waals surface area (Å²) in [5.74, 6) is 0.349. The third-order valence-electron chi connectivity index (χ3n) is 4.05. The van der Waals surface area contributed by atoms with Crippen LogP contribution in [0, 0.1) is 11.6 Å². The summed E-state index contributed by atoms with van der Waals surface area (Å²) < 4.78 is 26.9. The van der Waals surface area contributed by atoms with Crippen molar-refractivity contribution < 1.29 is 8.78 Å². The fraction of sp³-hybridized carbons (Fsp3) is 0.294. The first kappa shape index (κ1) is 14.5. The van der Waals surface area contributed by atoms with Crippen LogP contribution in [0.5, 0.6) is 0 Å². The van der Waals surface area contributed by atoms with Gasteiger partial charge in [0.25, 0.3) is 0 Å². The second-order valence-electron chi connectivity index (χ2n) is 5.29. The normalized spacial score (nSPS) is 18.5. The maximum atomic E-state index is 13.9. The summed E-state index contributed by atoms with van der Waals surface area (Å²) in [5.41, 5.74) is 1.88. The number of likely N-dealkylation sites (N-methyl/N-ethyl adjacent to an activating group) is 1. The highest BCUT2D eigenvalue weighted by Crippen LogP contribution is 2.41. The zero-order valence-corrected chi connectivity index (χ0v) is 12.6. The Morgan fingerprint density at radius 1 is 1.24 bits per heavy atom. The van der Waals surface area contributed by atoms with E-state index in [1.54, 1.807) is 6.07 Å². The maximum absolute atomic E-state index is 13.9. The quantitative estimate of drug-likeness (QED) is 0.917. The lowest BCUT2D eigenvalue weighted by atomic mass is 9.89. The number of nitrogens with one attached hydrogen (secondary N) is 1. The van der Waals surface area contributed by atoms with Gasteiger partial charge in [0.2, 0.25) is 0 Å². The van der Waals surface area contributed by atoms with E-state index in [0.717, 1.165) is 11.8 Å². The van der Waals surface area contributed by atoms with E-state index in [0.29, 0.717) is 17.9 Å². The average Bonchev–Trinajstić information content (AvgIpc) is 2.91. The van der Waals surface area contributed by atoms with Gasteiger partial charge in [-0.05, 0) is 36.7 Å². The fourth-order valence-electron chi connectivity index (χ4n) is 2.89. The van der Waals surface area contributed by atoms with Crippen molar-refractivity contribution in [3.63, 3.8) is 0 Å². The lowest BCUT2D eigenvalue weighted by Crippen LogP contribution is -2.34. The number of benzene rings is 2. The average molecular weight is 305 g/mol. The number of halogens is 2. The van der Waals surface area contributed by atoms with Crippen molar-refractivity contribution in [1.82, 2.24) is 5.32 Å². The van der Waals surface area contributed by atoms with Crippen LogP contribution < -0.4 is 5.32 Å². The third-order valence-corrected chi connectivity index (χ3v) is 5.26. The zero-order valence-electron chi connectivity index (χ0n) is 11.8. The van der Waals surface area contributed by atoms with Crippen molar-refractivity contribution in [3.8, 4) is 0 Å². The summed E-state index contributed by atoms with van der Waals surface area (Å²) in [7, 11) is 1.90. The molecule has 0 aromatic heterocycles. The summed E-state index contributed by atoms with van der Waals surface area (Å²) in [4.78, 5) is 1.31. The second-order valence-corrected chi connectivity index (χ2v) is 6.35. The van der Waals surface area contributed by atoms with E-state index in [1.165, 1.54) is 16.5 Å². The van der Waals surface area contributed by atoms with Crippen LogP contribution in [0.15, 0.2) is 47.4 Å². The lowest BCUT2D eigenvalue weighted by Gasteiger charge is -2.24. The predicted molar refractivity (Wildman–Crippen MR) is 82.8 cm³/mol. The van der Waals surface area contributed by atoms with Crippen LogP contribution in [-0.2, 0) is 6.42 Å². The number of hydrogen-bond donors (Lipinski definition) is 1. The smallest absolute Gasteiger partial charge is 0.129 e. The Morgan fingerprint density at radius 2 is 2.05 bits per heavy atom. The summed E-state index contributed by atoms with van der Waals surface area (Å²) in [5, 5.41) is 3.30. The van der Waals surface area contributed by atoms with E-state index in [-0.39, 0.29) is 6.04 Å². The van der Waals surface area contributed by atoms with E-state index < -0.39 is 11.6 Å². The van der Waals surface area contributed by atoms with Crippen LogP contribution in [0.4, 0.5) is 8.78 Å². The molecule has 0 spiro atoms. The largest absolute Gasteiger partial charge is 0.316 e. The molecule has 2 atom stereocenters. The first-order chi connectivity index (χ1) is 10.2. The van der Waals surface area contributed by atoms with Gasteiger partial charge in [-0.15, -0.1) is 11.8 Å². The Kier molecular flexibility index (Phi) is 4.27. The molecule has 0 radical (unpaired) electrons. The Bertz CT molecular complexity index is 644. The molecule has 1 aliphatic heterocycles. The Hall–Kier alpha value is -1.39. The first-order valence-electron chi connectivity index (χ1n) is 7.02. The van der Waals surface area contributed by atoms with Crippen molar-refractivity contribution in [3.05, 3.63) is 65.2 Å². The van der Waals surface area contributed by atoms with Crippen LogP contribution in [0.2, 0.25) is 0 Å². The fourth-order valence-corrected chi connectivity index (χ4v) is 4.22. The molecular weight excluding hydrogens is 288 g/mol. The third kappa shape index (κ3) is 2.97. The van der Waals surface area contributed by atoms with Gasteiger partial charge in [0.1, 0.15) is 11.6 Å². The molecule has 0 amide bonds. The van der Waals surface area contributed by atoms with Gasteiger partial charge in [0.05, 0.1) is 0 Å². The standard InChI is InChI=1S/C17H17F2NS/c1-20-16(8-11-6-7-12(18)9-15(11)19)14-10-21-17-5-3-2-4-13(14)17/h2-7,9,14,16,20H,8,10H2,1H3. The number of rotatable bonds is 4. The summed E-state index contributed by atoms with van der Waals surface area (Å²) >= 11 is 1.84. The van der Waals surface area contributed by atoms with Gasteiger partial charge < -0.3 is 5.32 Å². The van der Waals surface area contributed by atoms with Crippen LogP contribution in [-0.4, -0.2) is 18.8 Å². The molecule has 3 rings (SSSR count). The highest BCUT2D eigenvalue weighted by atomic mass is 32.2. The van der Waals surface area contributed by atoms with Crippen LogP contribution in [0.1, 0.15) is 17.0 Å². The second kappa shape index (κ2) is 6.16. The minimum Gasteiger partial charge on any atom is -0.316 e. The van der Waals surface area contributed by atoms with Gasteiger partial charge in [-0.1, -0.05) is 24.3 Å². The van der Waals surface area contributed by atoms with E-state index in [9.17, 15) is 8.78 Å². The molecule has 0 saturated heterocycles. The molecule has 2 aromatic rings. The number of thioether (sulfide) groups is 1. The van der Waals surface area contributed by atoms with Crippen molar-refractivity contribution in [2.24, 2.45) is 0 Å². The van der Waals surface area contributed by atoms with E-state index >= 15 is 0 Å². The van der Waals surface area contributed by atoms with Crippen molar-refractivity contribution in [2.45, 2.75) is 23.3 Å². The van der Waals surface area contributed by atoms with Crippen LogP contribution in [0.3, 0.4) is 0 Å². The SMILES string of the molecule is CNC(Cc1ccc(F)cc1F)C1CSc2ccccc21. The van der Waals surface area contributed by atoms with Gasteiger partial charge in [-0.3, -0.25) is 0 Å². The molecule has 2 unspecified atom stereocenters. The molecule has 21 heavy (non-hydrogen) atoms. The topological polar surface area (TPSA) is 12.0 Å². The highest BCUT2D eigenvalue weighted by molar-refractivity contribution is 7.99. The Labute approximate surface area is 127 Å². The van der Waals surface area contributed by atoms with Crippen LogP contribution in [0.25, 0.3) is 0 Å². The van der Waals surface area contributed by atoms with Crippen molar-refractivity contribution in [2.75, 3.05) is 12.8 Å². The number of hydrogen-bond acceptors (Lipinski definition) is 2. The molecule has 110 valence electrons. The monoisotopic (exact) mass is 305 g/mol. The molecule has 1 heterocycles. The molecule has 0 saturated carbocycles. The zero-order chi connectivity index (χ0) is 14.8. The molecule has 0 aliphatic carbocycles. The van der Waals surface area contributed by atoms with Gasteiger partial charge in [-0.25, -0.2) is 8.78 Å². The summed E-state index contributed by atoms with van der Waals surface area (Å²) in [6, 6.07) is 12.3. The minimum absolute atomic E-state index is 0.140. The summed E-state index contributed by atoms with van der Waals surface area (Å²) in [6.45, 7) is 0. The minimum atomic E-state index is -0.529. The molecule has 2 aromatic carbocycles. The predicted octanol–water partition coefficient (Wildman–Crippen LogP) is 3.98. The Morgan fingerprint density at radius 3 is 2.81 bits per heavy atom. The number of fused-ring (bicyclic) bond motifs is 1. The van der Waals surface area contributed by atoms with Gasteiger partial charge in [0, 0.05) is 28.7 Å². The lowest BCUT2D eigenvalue weighted by molar-refractivity contribution is 0.475. The molecule has 0 fully saturated rings. The molecule has 1 nitrogen and oxygen atoms in total. The summed E-state index contributed by atoms with van der Waals surface area (Å²) in [6.07, 6.45) is 0.558. The molecule has 4 heteroatoms. The first-order valence-corrected chi connectivity index (χ1v) is 8.00. The maximum Gasteiger partial charge on any atom is 0.129 e. The van der Waals surface area contributed by atoms with Gasteiger partial charge in [0.15, 0.2) is 0 Å². The van der Waals surface area contributed by atoms with Crippen molar-refractivity contribution in [1.29, 1.82) is 0 Å². The molecule has 1 aliphatic rings. The van der Waals surface area contributed by atoms with Gasteiger partial charge >= 0.3 is 0 Å². The molecular formula is C17H17F2NS. The highest BCUT2D eigenvalue weighted by Gasteiger charge is 2.29. The molecule has 0 bridgehead atoms. The van der Waals surface area contributed by atoms with Gasteiger partial charge in [-0.2, -0.15) is 0 Å².